The van der Waals surface area contributed by atoms with Gasteiger partial charge in [0.15, 0.2) is 5.78 Å². The highest BCUT2D eigenvalue weighted by Crippen LogP contribution is 2.48. The molecule has 0 radical (unpaired) electrons. The van der Waals surface area contributed by atoms with Crippen molar-refractivity contribution in [3.63, 3.8) is 0 Å². The Morgan fingerprint density at radius 1 is 0.581 bits per heavy atom. The minimum atomic E-state index is -2.36. The smallest absolute Gasteiger partial charge is 0.187 e. The molecule has 0 unspecified atom stereocenters. The normalized spacial score (nSPS) is 13.3. The monoisotopic (exact) mass is 419 g/mol. The van der Waals surface area contributed by atoms with Gasteiger partial charge in [-0.3, -0.25) is 9.54 Å². The molecular weight excluding hydrogens is 397 g/mol. The van der Waals surface area contributed by atoms with E-state index in [0.717, 1.165) is 16.8 Å². The number of fused-ring (bicyclic) bond motifs is 1. The largest absolute Gasteiger partial charge is 0.289 e. The molecule has 2 nitrogen and oxygen atoms in total. The Hall–Kier alpha value is -3.48. The fourth-order valence-electron chi connectivity index (χ4n) is 4.20. The summed E-state index contributed by atoms with van der Waals surface area (Å²) in [6, 6.07) is 39.3. The van der Waals surface area contributed by atoms with Crippen molar-refractivity contribution in [3.8, 4) is 0 Å². The first kappa shape index (κ1) is 19.5. The van der Waals surface area contributed by atoms with E-state index in [-0.39, 0.29) is 5.78 Å². The minimum absolute atomic E-state index is 0.0351. The van der Waals surface area contributed by atoms with Crippen molar-refractivity contribution < 1.29 is 4.79 Å². The summed E-state index contributed by atoms with van der Waals surface area (Å²) < 4.78 is 5.48. The standard InChI is InChI=1S/C28H22NOP/c30-28-21-23(20-22-12-10-11-19-27(22)28)29-31(24-13-4-1-5-14-24,25-15-6-2-7-16-25)26-17-8-3-9-18-26/h1-19,21H,20H2. The number of allylic oxidation sites excluding steroid dienone is 2. The van der Waals surface area contributed by atoms with Crippen LogP contribution in [-0.2, 0) is 6.42 Å². The molecule has 1 aliphatic carbocycles. The number of benzene rings is 4. The molecule has 0 aromatic heterocycles. The van der Waals surface area contributed by atoms with Gasteiger partial charge in [0.1, 0.15) is 0 Å². The average Bonchev–Trinajstić information content (AvgIpc) is 2.84. The molecule has 150 valence electrons. The maximum Gasteiger partial charge on any atom is 0.187 e. The third-order valence-electron chi connectivity index (χ3n) is 5.62. The SMILES string of the molecule is O=C1C=C(N=P(c2ccccc2)(c2ccccc2)c2ccccc2)Cc2ccccc21. The number of rotatable bonds is 4. The van der Waals surface area contributed by atoms with E-state index in [4.69, 9.17) is 4.74 Å². The van der Waals surface area contributed by atoms with Crippen molar-refractivity contribution >= 4 is 28.8 Å². The second-order valence-electron chi connectivity index (χ2n) is 7.58. The lowest BCUT2D eigenvalue weighted by molar-refractivity contribution is 0.104. The first-order chi connectivity index (χ1) is 15.3. The lowest BCUT2D eigenvalue weighted by Crippen LogP contribution is -2.25. The number of carbonyl (C=O) groups is 1. The fourth-order valence-corrected chi connectivity index (χ4v) is 7.76. The van der Waals surface area contributed by atoms with Gasteiger partial charge in [-0.25, -0.2) is 0 Å². The topological polar surface area (TPSA) is 29.4 Å². The zero-order valence-electron chi connectivity index (χ0n) is 17.1. The van der Waals surface area contributed by atoms with Crippen molar-refractivity contribution in [1.82, 2.24) is 0 Å². The van der Waals surface area contributed by atoms with E-state index in [1.54, 1.807) is 6.08 Å². The summed E-state index contributed by atoms with van der Waals surface area (Å²) in [6.07, 6.45) is 2.39. The van der Waals surface area contributed by atoms with Gasteiger partial charge in [0.25, 0.3) is 0 Å². The molecule has 4 aromatic rings. The van der Waals surface area contributed by atoms with Crippen LogP contribution < -0.4 is 15.9 Å². The van der Waals surface area contributed by atoms with Gasteiger partial charge >= 0.3 is 0 Å². The average molecular weight is 419 g/mol. The highest BCUT2D eigenvalue weighted by molar-refractivity contribution is 7.87. The molecule has 5 rings (SSSR count). The quantitative estimate of drug-likeness (QED) is 0.403. The third kappa shape index (κ3) is 3.60. The van der Waals surface area contributed by atoms with E-state index < -0.39 is 7.05 Å². The predicted molar refractivity (Wildman–Crippen MR) is 130 cm³/mol. The van der Waals surface area contributed by atoms with Gasteiger partial charge in [0.2, 0.25) is 0 Å². The van der Waals surface area contributed by atoms with E-state index in [0.29, 0.717) is 6.42 Å². The molecule has 0 aliphatic heterocycles. The molecule has 0 heterocycles. The van der Waals surface area contributed by atoms with E-state index in [1.165, 1.54) is 15.9 Å². The molecule has 31 heavy (non-hydrogen) atoms. The molecule has 0 atom stereocenters. The van der Waals surface area contributed by atoms with Crippen LogP contribution in [0.15, 0.2) is 132 Å². The van der Waals surface area contributed by atoms with E-state index in [2.05, 4.69) is 72.8 Å². The van der Waals surface area contributed by atoms with Gasteiger partial charge in [-0.05, 0) is 5.56 Å². The van der Waals surface area contributed by atoms with Crippen LogP contribution in [0.5, 0.6) is 0 Å². The third-order valence-corrected chi connectivity index (χ3v) is 9.31. The Morgan fingerprint density at radius 3 is 1.55 bits per heavy atom. The van der Waals surface area contributed by atoms with Gasteiger partial charge in [-0.15, -0.1) is 0 Å². The van der Waals surface area contributed by atoms with Crippen molar-refractivity contribution in [3.05, 3.63) is 138 Å². The number of hydrogen-bond donors (Lipinski definition) is 0. The minimum Gasteiger partial charge on any atom is -0.289 e. The zero-order chi connectivity index (χ0) is 21.1. The second-order valence-corrected chi connectivity index (χ2v) is 10.6. The molecule has 0 amide bonds. The summed E-state index contributed by atoms with van der Waals surface area (Å²) in [5.74, 6) is 0.0351. The molecule has 0 saturated carbocycles. The Morgan fingerprint density at radius 2 is 1.03 bits per heavy atom. The van der Waals surface area contributed by atoms with Crippen molar-refractivity contribution in [2.75, 3.05) is 0 Å². The molecular formula is C28H22NOP. The maximum atomic E-state index is 12.9. The van der Waals surface area contributed by atoms with Gasteiger partial charge in [0, 0.05) is 39.7 Å². The van der Waals surface area contributed by atoms with Gasteiger partial charge in [0.05, 0.1) is 7.05 Å². The fraction of sp³-hybridized carbons (Fsp3) is 0.0357. The summed E-state index contributed by atoms with van der Waals surface area (Å²) in [5.41, 5.74) is 2.67. The van der Waals surface area contributed by atoms with Crippen LogP contribution in [0.4, 0.5) is 0 Å². The highest BCUT2D eigenvalue weighted by atomic mass is 31.2. The van der Waals surface area contributed by atoms with E-state index in [1.807, 2.05) is 42.5 Å². The highest BCUT2D eigenvalue weighted by Gasteiger charge is 2.28. The molecule has 0 fully saturated rings. The first-order valence-corrected chi connectivity index (χ1v) is 12.1. The van der Waals surface area contributed by atoms with Crippen LogP contribution in [0, 0.1) is 0 Å². The molecule has 0 N–H and O–H groups in total. The summed E-state index contributed by atoms with van der Waals surface area (Å²) in [4.78, 5) is 12.9. The second kappa shape index (κ2) is 8.34. The van der Waals surface area contributed by atoms with Gasteiger partial charge < -0.3 is 0 Å². The number of ketones is 1. The molecule has 3 heteroatoms. The lowest BCUT2D eigenvalue weighted by atomic mass is 9.94. The molecule has 4 aromatic carbocycles. The van der Waals surface area contributed by atoms with Crippen molar-refractivity contribution in [2.24, 2.45) is 4.74 Å². The Labute approximate surface area is 183 Å². The van der Waals surface area contributed by atoms with Crippen LogP contribution in [-0.4, -0.2) is 5.78 Å². The van der Waals surface area contributed by atoms with Gasteiger partial charge in [-0.1, -0.05) is 115 Å². The van der Waals surface area contributed by atoms with E-state index >= 15 is 0 Å². The summed E-state index contributed by atoms with van der Waals surface area (Å²) in [7, 11) is -2.36. The number of carbonyl (C=O) groups excluding carboxylic acids is 1. The number of hydrogen-bond acceptors (Lipinski definition) is 2. The summed E-state index contributed by atoms with van der Waals surface area (Å²) in [5, 5.41) is 3.54. The maximum absolute atomic E-state index is 12.9. The van der Waals surface area contributed by atoms with Crippen molar-refractivity contribution in [2.45, 2.75) is 6.42 Å². The van der Waals surface area contributed by atoms with Crippen LogP contribution in [0.2, 0.25) is 0 Å². The summed E-state index contributed by atoms with van der Waals surface area (Å²) >= 11 is 0. The molecule has 1 aliphatic rings. The van der Waals surface area contributed by atoms with Gasteiger partial charge in [-0.2, -0.15) is 0 Å². The molecule has 0 bridgehead atoms. The van der Waals surface area contributed by atoms with Crippen LogP contribution in [0.3, 0.4) is 0 Å². The van der Waals surface area contributed by atoms with Crippen LogP contribution >= 0.6 is 7.05 Å². The predicted octanol–water partition coefficient (Wildman–Crippen LogP) is 5.49. The lowest BCUT2D eigenvalue weighted by Gasteiger charge is -2.28. The van der Waals surface area contributed by atoms with Crippen molar-refractivity contribution in [1.29, 1.82) is 0 Å². The zero-order valence-corrected chi connectivity index (χ0v) is 18.0. The number of nitrogens with zero attached hydrogens (tertiary/aromatic N) is 1. The first-order valence-electron chi connectivity index (χ1n) is 10.4. The molecule has 0 spiro atoms. The Balaban J connectivity index is 1.82. The Kier molecular flexibility index (Phi) is 5.24. The van der Waals surface area contributed by atoms with E-state index in [9.17, 15) is 4.79 Å². The summed E-state index contributed by atoms with van der Waals surface area (Å²) in [6.45, 7) is 0. The Bertz CT molecular complexity index is 1210. The van der Waals surface area contributed by atoms with Crippen LogP contribution in [0.25, 0.3) is 0 Å². The van der Waals surface area contributed by atoms with Crippen LogP contribution in [0.1, 0.15) is 15.9 Å². The molecule has 0 saturated heterocycles.